The molecule has 0 radical (unpaired) electrons. The fourth-order valence-electron chi connectivity index (χ4n) is 5.78. The number of ether oxygens (including phenoxy) is 2. The SMILES string of the molecule is CC(=O)OCC1=CCC[C@@H]2[C@@](C)(CC/C(=C\CO)CO)[C@H](C)C[C@H](OC(C)=O)[C@@]12C. The molecule has 0 aromatic rings. The van der Waals surface area contributed by atoms with Crippen molar-refractivity contribution in [3.8, 4) is 0 Å². The van der Waals surface area contributed by atoms with E-state index >= 15 is 0 Å². The lowest BCUT2D eigenvalue weighted by molar-refractivity contribution is -0.176. The van der Waals surface area contributed by atoms with Crippen LogP contribution in [-0.2, 0) is 19.1 Å². The molecule has 2 rings (SSSR count). The molecule has 0 spiro atoms. The zero-order valence-corrected chi connectivity index (χ0v) is 19.1. The van der Waals surface area contributed by atoms with E-state index < -0.39 is 5.41 Å². The normalized spacial score (nSPS) is 34.0. The lowest BCUT2D eigenvalue weighted by Gasteiger charge is -2.60. The smallest absolute Gasteiger partial charge is 0.302 e. The Balaban J connectivity index is 2.41. The molecule has 5 atom stereocenters. The second-order valence-electron chi connectivity index (χ2n) is 9.37. The molecule has 0 aliphatic heterocycles. The molecule has 0 aromatic carbocycles. The minimum Gasteiger partial charge on any atom is -0.462 e. The predicted molar refractivity (Wildman–Crippen MR) is 114 cm³/mol. The molecule has 1 fully saturated rings. The predicted octanol–water partition coefficient (Wildman–Crippen LogP) is 3.56. The van der Waals surface area contributed by atoms with E-state index in [2.05, 4.69) is 26.8 Å². The lowest BCUT2D eigenvalue weighted by Crippen LogP contribution is -2.58. The number of carbonyl (C=O) groups is 2. The van der Waals surface area contributed by atoms with Gasteiger partial charge in [-0.05, 0) is 60.5 Å². The van der Waals surface area contributed by atoms with Gasteiger partial charge in [0.25, 0.3) is 0 Å². The second kappa shape index (κ2) is 10.1. The van der Waals surface area contributed by atoms with Crippen LogP contribution in [0.1, 0.15) is 66.7 Å². The minimum absolute atomic E-state index is 0.0507. The lowest BCUT2D eigenvalue weighted by atomic mass is 9.45. The molecule has 30 heavy (non-hydrogen) atoms. The summed E-state index contributed by atoms with van der Waals surface area (Å²) in [4.78, 5) is 23.4. The first-order valence-electron chi connectivity index (χ1n) is 11.0. The molecule has 1 saturated carbocycles. The third-order valence-corrected chi connectivity index (χ3v) is 7.73. The Bertz CT molecular complexity index is 696. The van der Waals surface area contributed by atoms with Crippen LogP contribution >= 0.6 is 0 Å². The van der Waals surface area contributed by atoms with Crippen LogP contribution in [0.25, 0.3) is 0 Å². The highest BCUT2D eigenvalue weighted by molar-refractivity contribution is 5.67. The Kier molecular flexibility index (Phi) is 8.28. The number of carbonyl (C=O) groups excluding carboxylic acids is 2. The molecule has 6 heteroatoms. The van der Waals surface area contributed by atoms with Crippen molar-refractivity contribution in [1.82, 2.24) is 0 Å². The molecular weight excluding hydrogens is 384 g/mol. The number of hydrogen-bond acceptors (Lipinski definition) is 6. The Hall–Kier alpha value is -1.66. The van der Waals surface area contributed by atoms with Crippen LogP contribution in [0.15, 0.2) is 23.3 Å². The monoisotopic (exact) mass is 422 g/mol. The molecule has 6 nitrogen and oxygen atoms in total. The highest BCUT2D eigenvalue weighted by atomic mass is 16.5. The van der Waals surface area contributed by atoms with Crippen molar-refractivity contribution in [2.75, 3.05) is 19.8 Å². The summed E-state index contributed by atoms with van der Waals surface area (Å²) in [5, 5.41) is 18.9. The van der Waals surface area contributed by atoms with Gasteiger partial charge in [0, 0.05) is 19.3 Å². The van der Waals surface area contributed by atoms with Gasteiger partial charge in [-0.3, -0.25) is 9.59 Å². The van der Waals surface area contributed by atoms with Crippen LogP contribution in [0.5, 0.6) is 0 Å². The molecule has 0 heterocycles. The number of rotatable bonds is 8. The van der Waals surface area contributed by atoms with Crippen molar-refractivity contribution in [3.63, 3.8) is 0 Å². The topological polar surface area (TPSA) is 93.1 Å². The Morgan fingerprint density at radius 3 is 2.50 bits per heavy atom. The molecule has 0 bridgehead atoms. The van der Waals surface area contributed by atoms with Gasteiger partial charge in [0.1, 0.15) is 12.7 Å². The zero-order chi connectivity index (χ0) is 22.5. The molecule has 0 amide bonds. The van der Waals surface area contributed by atoms with E-state index in [1.54, 1.807) is 6.08 Å². The maximum atomic E-state index is 11.9. The van der Waals surface area contributed by atoms with Gasteiger partial charge in [-0.2, -0.15) is 0 Å². The molecule has 2 aliphatic carbocycles. The first-order chi connectivity index (χ1) is 14.1. The van der Waals surface area contributed by atoms with Gasteiger partial charge in [0.05, 0.1) is 13.2 Å². The van der Waals surface area contributed by atoms with E-state index in [4.69, 9.17) is 9.47 Å². The van der Waals surface area contributed by atoms with Gasteiger partial charge in [0.15, 0.2) is 0 Å². The van der Waals surface area contributed by atoms with E-state index in [1.807, 2.05) is 0 Å². The average Bonchev–Trinajstić information content (AvgIpc) is 2.68. The number of hydrogen-bond donors (Lipinski definition) is 2. The standard InChI is InChI=1S/C24H38O6/c1-16-13-22(30-18(3)28)24(5)20(15-29-17(2)27)7-6-8-21(24)23(16,4)11-9-19(14-26)10-12-25/h7,10,16,21-22,25-26H,6,8-9,11-15H2,1-5H3/b19-10+/t16-,21-,22+,23+,24+/m1/s1. The summed E-state index contributed by atoms with van der Waals surface area (Å²) >= 11 is 0. The van der Waals surface area contributed by atoms with E-state index in [0.717, 1.165) is 36.8 Å². The Labute approximate surface area is 180 Å². The minimum atomic E-state index is -0.416. The van der Waals surface area contributed by atoms with Gasteiger partial charge >= 0.3 is 11.9 Å². The van der Waals surface area contributed by atoms with Gasteiger partial charge in [0.2, 0.25) is 0 Å². The average molecular weight is 423 g/mol. The number of aliphatic hydroxyl groups excluding tert-OH is 2. The fourth-order valence-corrected chi connectivity index (χ4v) is 5.78. The third-order valence-electron chi connectivity index (χ3n) is 7.73. The van der Waals surface area contributed by atoms with Crippen molar-refractivity contribution < 1.29 is 29.3 Å². The number of fused-ring (bicyclic) bond motifs is 1. The summed E-state index contributed by atoms with van der Waals surface area (Å²) in [6, 6.07) is 0. The summed E-state index contributed by atoms with van der Waals surface area (Å²) in [5.41, 5.74) is 1.42. The summed E-state index contributed by atoms with van der Waals surface area (Å²) < 4.78 is 11.2. The Morgan fingerprint density at radius 1 is 1.23 bits per heavy atom. The van der Waals surface area contributed by atoms with Crippen molar-refractivity contribution in [2.24, 2.45) is 22.7 Å². The number of aliphatic hydroxyl groups is 2. The first kappa shape index (κ1) is 24.6. The van der Waals surface area contributed by atoms with Crippen LogP contribution in [0.4, 0.5) is 0 Å². The van der Waals surface area contributed by atoms with E-state index in [0.29, 0.717) is 12.3 Å². The zero-order valence-electron chi connectivity index (χ0n) is 19.1. The largest absolute Gasteiger partial charge is 0.462 e. The van der Waals surface area contributed by atoms with Gasteiger partial charge < -0.3 is 19.7 Å². The highest BCUT2D eigenvalue weighted by Gasteiger charge is 2.59. The van der Waals surface area contributed by atoms with Crippen LogP contribution in [0.2, 0.25) is 0 Å². The van der Waals surface area contributed by atoms with Crippen LogP contribution in [0, 0.1) is 22.7 Å². The van der Waals surface area contributed by atoms with E-state index in [9.17, 15) is 19.8 Å². The molecule has 170 valence electrons. The van der Waals surface area contributed by atoms with Crippen LogP contribution < -0.4 is 0 Å². The van der Waals surface area contributed by atoms with Gasteiger partial charge in [-0.25, -0.2) is 0 Å². The molecule has 0 unspecified atom stereocenters. The third kappa shape index (κ3) is 4.97. The van der Waals surface area contributed by atoms with Crippen molar-refractivity contribution >= 4 is 11.9 Å². The maximum Gasteiger partial charge on any atom is 0.302 e. The Morgan fingerprint density at radius 2 is 1.93 bits per heavy atom. The van der Waals surface area contributed by atoms with Crippen LogP contribution in [0.3, 0.4) is 0 Å². The molecule has 2 N–H and O–H groups in total. The summed E-state index contributed by atoms with van der Waals surface area (Å²) in [5.74, 6) is -0.0641. The summed E-state index contributed by atoms with van der Waals surface area (Å²) in [7, 11) is 0. The van der Waals surface area contributed by atoms with Crippen molar-refractivity contribution in [2.45, 2.75) is 72.8 Å². The van der Waals surface area contributed by atoms with Crippen molar-refractivity contribution in [1.29, 1.82) is 0 Å². The van der Waals surface area contributed by atoms with Crippen molar-refractivity contribution in [3.05, 3.63) is 23.3 Å². The second-order valence-corrected chi connectivity index (χ2v) is 9.37. The number of allylic oxidation sites excluding steroid dienone is 1. The van der Waals surface area contributed by atoms with E-state index in [-0.39, 0.29) is 49.2 Å². The summed E-state index contributed by atoms with van der Waals surface area (Å²) in [6.07, 6.45) is 7.75. The highest BCUT2D eigenvalue weighted by Crippen LogP contribution is 2.62. The quantitative estimate of drug-likeness (QED) is 0.459. The molecular formula is C24H38O6. The number of esters is 2. The van der Waals surface area contributed by atoms with Gasteiger partial charge in [-0.15, -0.1) is 0 Å². The van der Waals surface area contributed by atoms with E-state index in [1.165, 1.54) is 13.8 Å². The fraction of sp³-hybridized carbons (Fsp3) is 0.750. The molecule has 2 aliphatic rings. The molecule has 0 saturated heterocycles. The van der Waals surface area contributed by atoms with Crippen LogP contribution in [-0.4, -0.2) is 48.1 Å². The first-order valence-corrected chi connectivity index (χ1v) is 11.0. The summed E-state index contributed by atoms with van der Waals surface area (Å²) in [6.45, 7) is 9.61. The van der Waals surface area contributed by atoms with Gasteiger partial charge in [-0.1, -0.05) is 32.9 Å². The molecule has 0 aromatic heterocycles. The maximum absolute atomic E-state index is 11.9.